The van der Waals surface area contributed by atoms with Crippen LogP contribution in [0.1, 0.15) is 94.9 Å². The van der Waals surface area contributed by atoms with Crippen LogP contribution in [0, 0.1) is 17.8 Å². The third kappa shape index (κ3) is 8.07. The van der Waals surface area contributed by atoms with E-state index in [1.807, 2.05) is 53.6 Å². The molecule has 0 aliphatic carbocycles. The lowest BCUT2D eigenvalue weighted by Gasteiger charge is -2.48. The van der Waals surface area contributed by atoms with E-state index in [2.05, 4.69) is 0 Å². The van der Waals surface area contributed by atoms with E-state index in [4.69, 9.17) is 37.9 Å². The van der Waals surface area contributed by atoms with E-state index in [9.17, 15) is 19.8 Å². The van der Waals surface area contributed by atoms with Gasteiger partial charge in [-0.15, -0.1) is 0 Å². The van der Waals surface area contributed by atoms with E-state index in [-0.39, 0.29) is 30.3 Å². The topological polar surface area (TPSA) is 152 Å². The van der Waals surface area contributed by atoms with Gasteiger partial charge in [0.25, 0.3) is 0 Å². The standard InChI is InChI=1S/C38H65NO12/c1-15-26-38(10,45-14)31(41)21(4)29-19(2)17-37(9,51-29)33(50-35-28(40)25(39(11)12)16-20(3)46-35)22(5)30(23(6)34(43)48-26)49-27-18-36(8,44-13)32(42)24(7)47-27/h19-20,22-28,30,32-33,35,40,42H,15-18H2,1-14H3/t19?,20-,22+,23-,24+,25+,26-,27+,28-,30+,32+,33-,35+,36-,37-,38-/m1/s1. The normalized spacial score (nSPS) is 47.4. The van der Waals surface area contributed by atoms with Gasteiger partial charge in [0, 0.05) is 44.1 Å². The maximum Gasteiger partial charge on any atom is 0.311 e. The summed E-state index contributed by atoms with van der Waals surface area (Å²) in [6.45, 7) is 18.3. The first-order valence-electron chi connectivity index (χ1n) is 18.6. The van der Waals surface area contributed by atoms with Gasteiger partial charge in [-0.25, -0.2) is 0 Å². The summed E-state index contributed by atoms with van der Waals surface area (Å²) in [6, 6.07) is -0.232. The Kier molecular flexibility index (Phi) is 13.2. The van der Waals surface area contributed by atoms with E-state index in [1.165, 1.54) is 14.2 Å². The van der Waals surface area contributed by atoms with Crippen LogP contribution in [-0.4, -0.2) is 133 Å². The lowest BCUT2D eigenvalue weighted by molar-refractivity contribution is -0.316. The fourth-order valence-corrected chi connectivity index (χ4v) is 8.80. The third-order valence-corrected chi connectivity index (χ3v) is 12.1. The first-order chi connectivity index (χ1) is 23.7. The molecule has 0 aromatic rings. The average molecular weight is 728 g/mol. The number of methoxy groups -OCH3 is 2. The van der Waals surface area contributed by atoms with E-state index >= 15 is 0 Å². The van der Waals surface area contributed by atoms with Gasteiger partial charge in [0.05, 0.1) is 29.8 Å². The lowest BCUT2D eigenvalue weighted by Crippen LogP contribution is -2.60. The van der Waals surface area contributed by atoms with Crippen LogP contribution in [0.15, 0.2) is 11.3 Å². The molecule has 2 bridgehead atoms. The van der Waals surface area contributed by atoms with Crippen molar-refractivity contribution in [1.29, 1.82) is 0 Å². The highest BCUT2D eigenvalue weighted by molar-refractivity contribution is 6.02. The van der Waals surface area contributed by atoms with Crippen molar-refractivity contribution >= 4 is 11.8 Å². The molecule has 294 valence electrons. The molecule has 0 saturated carbocycles. The molecule has 0 aromatic carbocycles. The van der Waals surface area contributed by atoms with Gasteiger partial charge in [-0.1, -0.05) is 20.8 Å². The number of carbonyl (C=O) groups is 2. The van der Waals surface area contributed by atoms with Crippen LogP contribution in [-0.2, 0) is 47.5 Å². The van der Waals surface area contributed by atoms with E-state index in [0.29, 0.717) is 30.6 Å². The highest BCUT2D eigenvalue weighted by Crippen LogP contribution is 2.48. The number of likely N-dealkylation sites (N-methyl/N-ethyl adjacent to an activating group) is 1. The molecule has 1 unspecified atom stereocenters. The number of aliphatic hydroxyl groups excluding tert-OH is 2. The van der Waals surface area contributed by atoms with Crippen LogP contribution in [0.4, 0.5) is 0 Å². The van der Waals surface area contributed by atoms with Crippen LogP contribution in [0.2, 0.25) is 0 Å². The highest BCUT2D eigenvalue weighted by Gasteiger charge is 2.56. The third-order valence-electron chi connectivity index (χ3n) is 12.1. The van der Waals surface area contributed by atoms with Crippen molar-refractivity contribution in [3.63, 3.8) is 0 Å². The second-order valence-electron chi connectivity index (χ2n) is 16.3. The number of Topliss-reactive ketones (excluding diaryl/α,β-unsaturated/α-hetero) is 1. The summed E-state index contributed by atoms with van der Waals surface area (Å²) in [5.74, 6) is -2.10. The monoisotopic (exact) mass is 727 g/mol. The average Bonchev–Trinajstić information content (AvgIpc) is 3.40. The van der Waals surface area contributed by atoms with Gasteiger partial charge in [0.2, 0.25) is 0 Å². The van der Waals surface area contributed by atoms with Crippen molar-refractivity contribution in [3.05, 3.63) is 11.3 Å². The molecule has 13 heteroatoms. The molecule has 0 spiro atoms. The molecule has 4 rings (SSSR count). The quantitative estimate of drug-likeness (QED) is 0.350. The number of fused-ring (bicyclic) bond motifs is 2. The Morgan fingerprint density at radius 3 is 2.16 bits per heavy atom. The van der Waals surface area contributed by atoms with Crippen molar-refractivity contribution in [2.75, 3.05) is 28.3 Å². The lowest BCUT2D eigenvalue weighted by atomic mass is 9.78. The molecule has 4 heterocycles. The predicted molar refractivity (Wildman–Crippen MR) is 187 cm³/mol. The molecule has 4 aliphatic heterocycles. The number of ether oxygens (including phenoxy) is 8. The highest BCUT2D eigenvalue weighted by atomic mass is 16.7. The maximum atomic E-state index is 14.3. The molecule has 51 heavy (non-hydrogen) atoms. The second kappa shape index (κ2) is 16.0. The van der Waals surface area contributed by atoms with Crippen molar-refractivity contribution in [2.24, 2.45) is 17.8 Å². The smallest absolute Gasteiger partial charge is 0.311 e. The number of cyclic esters (lactones) is 1. The van der Waals surface area contributed by atoms with Crippen LogP contribution < -0.4 is 0 Å². The molecule has 2 N–H and O–H groups in total. The van der Waals surface area contributed by atoms with Gasteiger partial charge in [0.15, 0.2) is 24.0 Å². The molecular weight excluding hydrogens is 662 g/mol. The van der Waals surface area contributed by atoms with Crippen LogP contribution in [0.5, 0.6) is 0 Å². The second-order valence-corrected chi connectivity index (χ2v) is 16.3. The summed E-state index contributed by atoms with van der Waals surface area (Å²) in [6.07, 6.45) is -5.71. The number of allylic oxidation sites excluding steroid dienone is 1. The van der Waals surface area contributed by atoms with Crippen LogP contribution in [0.3, 0.4) is 0 Å². The summed E-state index contributed by atoms with van der Waals surface area (Å²) in [4.78, 5) is 30.5. The van der Waals surface area contributed by atoms with Crippen molar-refractivity contribution < 1.29 is 57.7 Å². The van der Waals surface area contributed by atoms with Crippen molar-refractivity contribution in [2.45, 2.75) is 173 Å². The van der Waals surface area contributed by atoms with Crippen LogP contribution >= 0.6 is 0 Å². The summed E-state index contributed by atoms with van der Waals surface area (Å²) in [5.41, 5.74) is -3.15. The van der Waals surface area contributed by atoms with Gasteiger partial charge in [-0.3, -0.25) is 9.59 Å². The number of esters is 1. The number of rotatable bonds is 8. The van der Waals surface area contributed by atoms with Gasteiger partial charge in [0.1, 0.15) is 35.8 Å². The molecule has 4 aliphatic rings. The molecule has 3 saturated heterocycles. The van der Waals surface area contributed by atoms with E-state index < -0.39 is 83.8 Å². The molecule has 3 fully saturated rings. The number of nitrogens with zero attached hydrogens (tertiary/aromatic N) is 1. The minimum absolute atomic E-state index is 0.183. The zero-order valence-corrected chi connectivity index (χ0v) is 33.3. The zero-order valence-electron chi connectivity index (χ0n) is 33.3. The first kappa shape index (κ1) is 42.1. The maximum absolute atomic E-state index is 14.3. The Morgan fingerprint density at radius 1 is 0.941 bits per heavy atom. The summed E-state index contributed by atoms with van der Waals surface area (Å²) in [5, 5.41) is 22.5. The number of carbonyl (C=O) groups excluding carboxylic acids is 2. The predicted octanol–water partition coefficient (Wildman–Crippen LogP) is 3.75. The fraction of sp³-hybridized carbons (Fsp3) is 0.895. The van der Waals surface area contributed by atoms with E-state index in [1.54, 1.807) is 34.6 Å². The fourth-order valence-electron chi connectivity index (χ4n) is 8.80. The van der Waals surface area contributed by atoms with Gasteiger partial charge in [-0.2, -0.15) is 0 Å². The number of aliphatic hydroxyl groups is 2. The summed E-state index contributed by atoms with van der Waals surface area (Å²) < 4.78 is 50.8. The summed E-state index contributed by atoms with van der Waals surface area (Å²) >= 11 is 0. The number of hydrogen-bond acceptors (Lipinski definition) is 13. The zero-order chi connectivity index (χ0) is 38.4. The summed E-state index contributed by atoms with van der Waals surface area (Å²) in [7, 11) is 6.80. The van der Waals surface area contributed by atoms with Crippen LogP contribution in [0.25, 0.3) is 0 Å². The largest absolute Gasteiger partial charge is 0.488 e. The number of hydrogen-bond donors (Lipinski definition) is 2. The molecular formula is C38H65NO12. The minimum atomic E-state index is -1.50. The Bertz CT molecular complexity index is 1280. The Labute approximate surface area is 304 Å². The Hall–Kier alpha value is -1.68. The SMILES string of the molecule is CC[C@H]1OC(=O)[C@H](C)[C@@H](O[C@H]2C[C@@](C)(OC)[C@@H](O)[C@H](C)O2)[C@H](C)[C@@H](O[C@@H]2O[C@H](C)C[C@H](N(C)C)[C@H]2O)[C@@]2(C)CC(C)C(=C(C)C(=O)[C@]1(C)OC)O2. The molecule has 0 radical (unpaired) electrons. The van der Waals surface area contributed by atoms with Gasteiger partial charge >= 0.3 is 5.97 Å². The Balaban J connectivity index is 1.88. The van der Waals surface area contributed by atoms with Crippen molar-refractivity contribution in [1.82, 2.24) is 4.90 Å². The molecule has 16 atom stereocenters. The minimum Gasteiger partial charge on any atom is -0.488 e. The van der Waals surface area contributed by atoms with Gasteiger partial charge in [-0.05, 0) is 81.8 Å². The van der Waals surface area contributed by atoms with Gasteiger partial charge < -0.3 is 53.0 Å². The molecule has 0 aromatic heterocycles. The Morgan fingerprint density at radius 2 is 1.59 bits per heavy atom. The molecule has 13 nitrogen and oxygen atoms in total. The number of ketones is 1. The van der Waals surface area contributed by atoms with Crippen molar-refractivity contribution in [3.8, 4) is 0 Å². The first-order valence-corrected chi connectivity index (χ1v) is 18.6. The van der Waals surface area contributed by atoms with E-state index in [0.717, 1.165) is 0 Å². The molecule has 0 amide bonds.